The number of hydrogen-bond acceptors (Lipinski definition) is 6. The fourth-order valence-electron chi connectivity index (χ4n) is 5.35. The molecule has 8 heteroatoms. The molecule has 0 unspecified atom stereocenters. The van der Waals surface area contributed by atoms with E-state index in [0.29, 0.717) is 25.7 Å². The van der Waals surface area contributed by atoms with E-state index in [1.165, 1.54) is 0 Å². The normalized spacial score (nSPS) is 28.1. The van der Waals surface area contributed by atoms with Crippen molar-refractivity contribution in [2.75, 3.05) is 0 Å². The van der Waals surface area contributed by atoms with Crippen LogP contribution >= 0.6 is 22.0 Å². The second-order valence-corrected chi connectivity index (χ2v) is 12.8. The summed E-state index contributed by atoms with van der Waals surface area (Å²) in [6, 6.07) is 0. The summed E-state index contributed by atoms with van der Waals surface area (Å²) in [6.45, 7) is 16.9. The van der Waals surface area contributed by atoms with Crippen LogP contribution in [0.5, 0.6) is 0 Å². The van der Waals surface area contributed by atoms with E-state index in [2.05, 4.69) is 64.0 Å². The number of carboxylic acids is 2. The minimum Gasteiger partial charge on any atom is -0.481 e. The van der Waals surface area contributed by atoms with Gasteiger partial charge in [-0.3, -0.25) is 9.59 Å². The molecule has 0 amide bonds. The van der Waals surface area contributed by atoms with E-state index in [1.54, 1.807) is 22.0 Å². The SMILES string of the molecule is CC1(C)CC(C(=O)O)CC(C)(C)N1SSN1C(C)(C)CC(C(=O)O)CC1(C)C. The lowest BCUT2D eigenvalue weighted by Gasteiger charge is -2.56. The lowest BCUT2D eigenvalue weighted by atomic mass is 9.76. The van der Waals surface area contributed by atoms with Crippen molar-refractivity contribution in [3.8, 4) is 0 Å². The van der Waals surface area contributed by atoms with Gasteiger partial charge in [0.05, 0.1) is 11.8 Å². The van der Waals surface area contributed by atoms with Crippen LogP contribution in [0.15, 0.2) is 0 Å². The number of carboxylic acid groups (broad SMARTS) is 2. The summed E-state index contributed by atoms with van der Waals surface area (Å²) in [5.41, 5.74) is -1.02. The summed E-state index contributed by atoms with van der Waals surface area (Å²) in [7, 11) is 3.36. The van der Waals surface area contributed by atoms with Crippen LogP contribution in [0.25, 0.3) is 0 Å². The molecule has 2 fully saturated rings. The molecule has 0 aliphatic carbocycles. The molecule has 0 aromatic rings. The van der Waals surface area contributed by atoms with Crippen molar-refractivity contribution in [1.82, 2.24) is 8.61 Å². The average molecular weight is 433 g/mol. The van der Waals surface area contributed by atoms with Gasteiger partial charge in [-0.25, -0.2) is 8.61 Å². The zero-order valence-corrected chi connectivity index (χ0v) is 20.0. The van der Waals surface area contributed by atoms with Gasteiger partial charge in [0.15, 0.2) is 0 Å². The van der Waals surface area contributed by atoms with Gasteiger partial charge in [-0.1, -0.05) is 0 Å². The predicted molar refractivity (Wildman–Crippen MR) is 116 cm³/mol. The lowest BCUT2D eigenvalue weighted by Crippen LogP contribution is -2.60. The standard InChI is InChI=1S/C20H36N2O4S2/c1-17(2)9-13(15(23)24)10-18(3,4)21(17)27-28-22-19(5,6)11-14(16(25)26)12-20(22,7)8/h13-14H,9-12H2,1-8H3,(H,23,24)(H,25,26). The zero-order chi connectivity index (χ0) is 21.7. The van der Waals surface area contributed by atoms with Crippen LogP contribution in [0.1, 0.15) is 81.1 Å². The monoisotopic (exact) mass is 432 g/mol. The summed E-state index contributed by atoms with van der Waals surface area (Å²) >= 11 is 0. The van der Waals surface area contributed by atoms with Gasteiger partial charge in [0.25, 0.3) is 0 Å². The van der Waals surface area contributed by atoms with Gasteiger partial charge < -0.3 is 10.2 Å². The first-order valence-corrected chi connectivity index (χ1v) is 12.0. The van der Waals surface area contributed by atoms with E-state index in [9.17, 15) is 19.8 Å². The Morgan fingerprint density at radius 2 is 0.857 bits per heavy atom. The van der Waals surface area contributed by atoms with Gasteiger partial charge >= 0.3 is 11.9 Å². The Morgan fingerprint density at radius 1 is 0.643 bits per heavy atom. The molecule has 0 spiro atoms. The summed E-state index contributed by atoms with van der Waals surface area (Å²) in [4.78, 5) is 23.2. The average Bonchev–Trinajstić information content (AvgIpc) is 2.45. The van der Waals surface area contributed by atoms with Crippen LogP contribution in [0.3, 0.4) is 0 Å². The third kappa shape index (κ3) is 4.82. The molecule has 6 nitrogen and oxygen atoms in total. The predicted octanol–water partition coefficient (Wildman–Crippen LogP) is 4.91. The molecule has 2 aliphatic heterocycles. The minimum atomic E-state index is -0.712. The Balaban J connectivity index is 2.19. The summed E-state index contributed by atoms with van der Waals surface area (Å²) in [6.07, 6.45) is 2.47. The van der Waals surface area contributed by atoms with E-state index in [0.717, 1.165) is 0 Å². The molecule has 2 aliphatic rings. The first-order valence-electron chi connectivity index (χ1n) is 9.91. The lowest BCUT2D eigenvalue weighted by molar-refractivity contribution is -0.147. The molecule has 0 atom stereocenters. The number of rotatable bonds is 5. The van der Waals surface area contributed by atoms with Crippen molar-refractivity contribution < 1.29 is 19.8 Å². The number of aliphatic carboxylic acids is 2. The zero-order valence-electron chi connectivity index (χ0n) is 18.4. The quantitative estimate of drug-likeness (QED) is 0.469. The summed E-state index contributed by atoms with van der Waals surface area (Å²) in [5, 5.41) is 19.1. The molecule has 28 heavy (non-hydrogen) atoms. The van der Waals surface area contributed by atoms with Gasteiger partial charge in [0.1, 0.15) is 0 Å². The third-order valence-corrected chi connectivity index (χ3v) is 9.50. The maximum Gasteiger partial charge on any atom is 0.306 e. The van der Waals surface area contributed by atoms with Crippen molar-refractivity contribution in [2.24, 2.45) is 11.8 Å². The van der Waals surface area contributed by atoms with Gasteiger partial charge in [-0.15, -0.1) is 0 Å². The highest BCUT2D eigenvalue weighted by atomic mass is 33.1. The van der Waals surface area contributed by atoms with E-state index in [-0.39, 0.29) is 34.0 Å². The molecule has 2 rings (SSSR count). The number of hydrogen-bond donors (Lipinski definition) is 2. The van der Waals surface area contributed by atoms with E-state index < -0.39 is 11.9 Å². The van der Waals surface area contributed by atoms with Crippen LogP contribution in [0, 0.1) is 11.8 Å². The number of piperidine rings is 2. The molecule has 0 aromatic carbocycles. The Bertz CT molecular complexity index is 544. The van der Waals surface area contributed by atoms with Crippen molar-refractivity contribution >= 4 is 33.9 Å². The van der Waals surface area contributed by atoms with Crippen LogP contribution in [0.2, 0.25) is 0 Å². The first-order chi connectivity index (χ1) is 12.5. The maximum absolute atomic E-state index is 11.6. The molecule has 0 aromatic heterocycles. The van der Waals surface area contributed by atoms with Crippen LogP contribution in [-0.4, -0.2) is 52.9 Å². The van der Waals surface area contributed by atoms with Crippen molar-refractivity contribution in [2.45, 2.75) is 103 Å². The molecule has 0 saturated carbocycles. The topological polar surface area (TPSA) is 81.1 Å². The van der Waals surface area contributed by atoms with Gasteiger partial charge in [0.2, 0.25) is 0 Å². The highest BCUT2D eigenvalue weighted by molar-refractivity contribution is 8.74. The molecule has 0 radical (unpaired) electrons. The van der Waals surface area contributed by atoms with Gasteiger partial charge in [0, 0.05) is 44.1 Å². The van der Waals surface area contributed by atoms with Crippen molar-refractivity contribution in [3.05, 3.63) is 0 Å². The molecule has 2 saturated heterocycles. The van der Waals surface area contributed by atoms with Crippen molar-refractivity contribution in [3.63, 3.8) is 0 Å². The minimum absolute atomic E-state index is 0.254. The third-order valence-electron chi connectivity index (χ3n) is 6.06. The second kappa shape index (κ2) is 7.67. The highest BCUT2D eigenvalue weighted by Crippen LogP contribution is 2.54. The summed E-state index contributed by atoms with van der Waals surface area (Å²) in [5.74, 6) is -2.08. The molecule has 2 N–H and O–H groups in total. The molecular formula is C20H36N2O4S2. The maximum atomic E-state index is 11.6. The van der Waals surface area contributed by atoms with E-state index in [4.69, 9.17) is 0 Å². The van der Waals surface area contributed by atoms with Crippen LogP contribution in [-0.2, 0) is 9.59 Å². The van der Waals surface area contributed by atoms with E-state index >= 15 is 0 Å². The Labute approximate surface area is 177 Å². The summed E-state index contributed by atoms with van der Waals surface area (Å²) < 4.78 is 4.69. The van der Waals surface area contributed by atoms with Gasteiger partial charge in [-0.05, 0) is 81.1 Å². The molecule has 162 valence electrons. The largest absolute Gasteiger partial charge is 0.481 e. The number of nitrogens with zero attached hydrogens (tertiary/aromatic N) is 2. The fourth-order valence-corrected chi connectivity index (χ4v) is 9.41. The van der Waals surface area contributed by atoms with Crippen LogP contribution in [0.4, 0.5) is 0 Å². The highest BCUT2D eigenvalue weighted by Gasteiger charge is 2.51. The van der Waals surface area contributed by atoms with E-state index in [1.807, 2.05) is 0 Å². The first kappa shape index (κ1) is 23.8. The fraction of sp³-hybridized carbons (Fsp3) is 0.900. The smallest absolute Gasteiger partial charge is 0.306 e. The molecule has 0 bridgehead atoms. The Kier molecular flexibility index (Phi) is 6.53. The van der Waals surface area contributed by atoms with Gasteiger partial charge in [-0.2, -0.15) is 0 Å². The second-order valence-electron chi connectivity index (χ2n) is 10.9. The Hall–Kier alpha value is -0.440. The molecular weight excluding hydrogens is 396 g/mol. The Morgan fingerprint density at radius 3 is 1.04 bits per heavy atom. The van der Waals surface area contributed by atoms with Crippen LogP contribution < -0.4 is 0 Å². The number of carbonyl (C=O) groups is 2. The van der Waals surface area contributed by atoms with Crippen molar-refractivity contribution in [1.29, 1.82) is 0 Å². The molecule has 2 heterocycles.